The predicted molar refractivity (Wildman–Crippen MR) is 138 cm³/mol. The third-order valence-electron chi connectivity index (χ3n) is 6.21. The number of hydrogen-bond donors (Lipinski definition) is 0. The van der Waals surface area contributed by atoms with E-state index in [0.29, 0.717) is 62.0 Å². The van der Waals surface area contributed by atoms with E-state index < -0.39 is 10.0 Å². The van der Waals surface area contributed by atoms with Gasteiger partial charge in [0.05, 0.1) is 6.26 Å². The molecule has 0 atom stereocenters. The molecule has 4 heterocycles. The monoisotopic (exact) mass is 541 g/mol. The van der Waals surface area contributed by atoms with Gasteiger partial charge in [0.25, 0.3) is 0 Å². The molecule has 0 spiro atoms. The first-order valence-corrected chi connectivity index (χ1v) is 14.6. The zero-order chi connectivity index (χ0) is 25.8. The first kappa shape index (κ1) is 25.4. The number of benzene rings is 1. The lowest BCUT2D eigenvalue weighted by Crippen LogP contribution is -2.34. The molecule has 194 valence electrons. The van der Waals surface area contributed by atoms with Crippen LogP contribution in [0.4, 0.5) is 0 Å². The highest BCUT2D eigenvalue weighted by atomic mass is 32.2. The fraction of sp³-hybridized carbons (Fsp3) is 0.400. The predicted octanol–water partition coefficient (Wildman–Crippen LogP) is 2.89. The summed E-state index contributed by atoms with van der Waals surface area (Å²) in [4.78, 5) is 12.1. The summed E-state index contributed by atoms with van der Waals surface area (Å²) < 4.78 is 42.5. The molecule has 1 saturated heterocycles. The van der Waals surface area contributed by atoms with Crippen molar-refractivity contribution in [2.24, 2.45) is 0 Å². The van der Waals surface area contributed by atoms with Crippen molar-refractivity contribution >= 4 is 21.4 Å². The number of aromatic nitrogens is 2. The summed E-state index contributed by atoms with van der Waals surface area (Å²) in [5.74, 6) is 1.59. The lowest BCUT2D eigenvalue weighted by Gasteiger charge is -2.19. The minimum atomic E-state index is -3.17. The van der Waals surface area contributed by atoms with Crippen LogP contribution in [0.15, 0.2) is 36.7 Å². The fourth-order valence-corrected chi connectivity index (χ4v) is 6.14. The number of ether oxygens (including phenoxy) is 3. The smallest absolute Gasteiger partial charge is 0.232 e. The van der Waals surface area contributed by atoms with Crippen LogP contribution in [0.1, 0.15) is 21.9 Å². The average Bonchev–Trinajstić information content (AvgIpc) is 3.20. The quantitative estimate of drug-likeness (QED) is 0.445. The maximum absolute atomic E-state index is 11.9. The normalized spacial score (nSPS) is 16.6. The van der Waals surface area contributed by atoms with Crippen LogP contribution in [0.25, 0.3) is 11.1 Å². The van der Waals surface area contributed by atoms with Gasteiger partial charge in [-0.15, -0.1) is 11.3 Å². The molecule has 0 unspecified atom stereocenters. The van der Waals surface area contributed by atoms with Gasteiger partial charge in [0, 0.05) is 49.0 Å². The summed E-state index contributed by atoms with van der Waals surface area (Å²) in [6.07, 6.45) is 5.50. The third-order valence-corrected chi connectivity index (χ3v) is 8.47. The topological polar surface area (TPSA) is 118 Å². The van der Waals surface area contributed by atoms with Crippen molar-refractivity contribution in [3.63, 3.8) is 0 Å². The Balaban J connectivity index is 1.24. The van der Waals surface area contributed by atoms with Crippen molar-refractivity contribution in [1.82, 2.24) is 19.2 Å². The van der Waals surface area contributed by atoms with Crippen LogP contribution < -0.4 is 14.2 Å². The van der Waals surface area contributed by atoms with Gasteiger partial charge in [0.1, 0.15) is 36.5 Å². The lowest BCUT2D eigenvalue weighted by molar-refractivity contribution is 0.171. The van der Waals surface area contributed by atoms with E-state index in [9.17, 15) is 13.7 Å². The SMILES string of the molecule is CS(=O)(=O)N1CCCN(Cc2cnc(COc3nccc(-c4ccc5c(c4)OCCO5)c3C#N)s2)CC1. The van der Waals surface area contributed by atoms with Gasteiger partial charge in [-0.2, -0.15) is 5.26 Å². The summed E-state index contributed by atoms with van der Waals surface area (Å²) in [5, 5.41) is 10.7. The van der Waals surface area contributed by atoms with Crippen molar-refractivity contribution in [2.45, 2.75) is 19.6 Å². The summed E-state index contributed by atoms with van der Waals surface area (Å²) >= 11 is 1.54. The van der Waals surface area contributed by atoms with Gasteiger partial charge in [0.15, 0.2) is 11.5 Å². The van der Waals surface area contributed by atoms with Gasteiger partial charge in [-0.25, -0.2) is 22.7 Å². The van der Waals surface area contributed by atoms with Crippen LogP contribution in [-0.4, -0.2) is 73.2 Å². The minimum Gasteiger partial charge on any atom is -0.486 e. The maximum Gasteiger partial charge on any atom is 0.232 e. The maximum atomic E-state index is 11.9. The number of rotatable bonds is 7. The molecule has 5 rings (SSSR count). The van der Waals surface area contributed by atoms with Crippen LogP contribution in [0, 0.1) is 11.3 Å². The number of nitrogens with zero attached hydrogens (tertiary/aromatic N) is 5. The summed E-state index contributed by atoms with van der Waals surface area (Å²) in [6.45, 7) is 4.46. The van der Waals surface area contributed by atoms with Crippen LogP contribution in [0.3, 0.4) is 0 Å². The molecule has 2 aliphatic rings. The van der Waals surface area contributed by atoms with Crippen molar-refractivity contribution in [3.05, 3.63) is 52.1 Å². The third kappa shape index (κ3) is 6.02. The number of fused-ring (bicyclic) bond motifs is 1. The standard InChI is InChI=1S/C25H27N5O5S2/c1-37(31,32)30-8-2-7-29(9-10-30)16-19-15-28-24(36-19)17-35-25-21(14-26)20(5-6-27-25)18-3-4-22-23(13-18)34-12-11-33-22/h3-6,13,15H,2,7-12,16-17H2,1H3. The highest BCUT2D eigenvalue weighted by Gasteiger charge is 2.22. The van der Waals surface area contributed by atoms with Crippen LogP contribution in [0.5, 0.6) is 17.4 Å². The Morgan fingerprint density at radius 1 is 1.11 bits per heavy atom. The average molecular weight is 542 g/mol. The Kier molecular flexibility index (Phi) is 7.57. The molecule has 10 nitrogen and oxygen atoms in total. The zero-order valence-electron chi connectivity index (χ0n) is 20.4. The molecule has 0 radical (unpaired) electrons. The van der Waals surface area contributed by atoms with E-state index in [4.69, 9.17) is 14.2 Å². The largest absolute Gasteiger partial charge is 0.486 e. The second kappa shape index (κ2) is 11.0. The molecular weight excluding hydrogens is 514 g/mol. The van der Waals surface area contributed by atoms with E-state index in [2.05, 4.69) is 20.9 Å². The lowest BCUT2D eigenvalue weighted by atomic mass is 10.0. The number of thiazole rings is 1. The molecule has 3 aromatic rings. The van der Waals surface area contributed by atoms with Gasteiger partial charge < -0.3 is 14.2 Å². The van der Waals surface area contributed by atoms with Crippen molar-refractivity contribution < 1.29 is 22.6 Å². The van der Waals surface area contributed by atoms with Gasteiger partial charge in [0.2, 0.25) is 15.9 Å². The van der Waals surface area contributed by atoms with E-state index >= 15 is 0 Å². The Hall–Kier alpha value is -3.24. The van der Waals surface area contributed by atoms with Crippen LogP contribution in [-0.2, 0) is 23.2 Å². The highest BCUT2D eigenvalue weighted by molar-refractivity contribution is 7.88. The first-order valence-electron chi connectivity index (χ1n) is 11.9. The number of sulfonamides is 1. The minimum absolute atomic E-state index is 0.193. The van der Waals surface area contributed by atoms with E-state index in [0.717, 1.165) is 28.4 Å². The highest BCUT2D eigenvalue weighted by Crippen LogP contribution is 2.37. The van der Waals surface area contributed by atoms with Gasteiger partial charge in [-0.05, 0) is 36.7 Å². The Bertz CT molecular complexity index is 1420. The number of pyridine rings is 1. The molecular formula is C25H27N5O5S2. The van der Waals surface area contributed by atoms with Crippen molar-refractivity contribution in [3.8, 4) is 34.6 Å². The second-order valence-corrected chi connectivity index (χ2v) is 12.0. The van der Waals surface area contributed by atoms with Crippen molar-refractivity contribution in [1.29, 1.82) is 5.26 Å². The van der Waals surface area contributed by atoms with Gasteiger partial charge in [-0.1, -0.05) is 6.07 Å². The summed E-state index contributed by atoms with van der Waals surface area (Å²) in [6, 6.07) is 9.60. The molecule has 2 aromatic heterocycles. The molecule has 1 aromatic carbocycles. The fourth-order valence-electron chi connectivity index (χ4n) is 4.39. The van der Waals surface area contributed by atoms with Gasteiger partial charge in [-0.3, -0.25) is 4.90 Å². The summed E-state index contributed by atoms with van der Waals surface area (Å²) in [7, 11) is -3.17. The molecule has 0 aliphatic carbocycles. The summed E-state index contributed by atoms with van der Waals surface area (Å²) in [5.41, 5.74) is 1.86. The molecule has 2 aliphatic heterocycles. The Morgan fingerprint density at radius 2 is 1.95 bits per heavy atom. The molecule has 37 heavy (non-hydrogen) atoms. The van der Waals surface area contributed by atoms with E-state index in [1.807, 2.05) is 24.4 Å². The molecule has 0 N–H and O–H groups in total. The van der Waals surface area contributed by atoms with E-state index in [1.54, 1.807) is 12.3 Å². The molecule has 1 fully saturated rings. The van der Waals surface area contributed by atoms with Crippen LogP contribution in [0.2, 0.25) is 0 Å². The van der Waals surface area contributed by atoms with Crippen LogP contribution >= 0.6 is 11.3 Å². The Morgan fingerprint density at radius 3 is 2.76 bits per heavy atom. The number of hydrogen-bond acceptors (Lipinski definition) is 10. The van der Waals surface area contributed by atoms with E-state index in [1.165, 1.54) is 21.9 Å². The zero-order valence-corrected chi connectivity index (χ0v) is 22.1. The first-order chi connectivity index (χ1) is 17.9. The molecule has 12 heteroatoms. The van der Waals surface area contributed by atoms with Gasteiger partial charge >= 0.3 is 0 Å². The van der Waals surface area contributed by atoms with E-state index in [-0.39, 0.29) is 12.5 Å². The molecule has 0 amide bonds. The molecule has 0 saturated carbocycles. The Labute approximate surface area is 220 Å². The second-order valence-electron chi connectivity index (χ2n) is 8.81. The number of nitriles is 1. The molecule has 0 bridgehead atoms. The van der Waals surface area contributed by atoms with Crippen molar-refractivity contribution in [2.75, 3.05) is 45.6 Å².